The van der Waals surface area contributed by atoms with E-state index in [0.29, 0.717) is 5.82 Å². The number of rotatable bonds is 4. The summed E-state index contributed by atoms with van der Waals surface area (Å²) in [5.41, 5.74) is 1.91. The van der Waals surface area contributed by atoms with Gasteiger partial charge in [0.15, 0.2) is 5.76 Å². The highest BCUT2D eigenvalue weighted by Gasteiger charge is 2.20. The Kier molecular flexibility index (Phi) is 3.76. The Balaban J connectivity index is 1.51. The molecule has 0 saturated carbocycles. The first-order valence-corrected chi connectivity index (χ1v) is 9.97. The molecule has 0 amide bonds. The lowest BCUT2D eigenvalue weighted by Gasteiger charge is -1.97. The molecule has 3 heterocycles. The van der Waals surface area contributed by atoms with Crippen molar-refractivity contribution in [3.63, 3.8) is 0 Å². The van der Waals surface area contributed by atoms with Crippen LogP contribution in [0.5, 0.6) is 0 Å². The van der Waals surface area contributed by atoms with Crippen molar-refractivity contribution in [2.45, 2.75) is 17.6 Å². The van der Waals surface area contributed by atoms with Crippen LogP contribution >= 0.6 is 23.1 Å². The predicted molar refractivity (Wildman–Crippen MR) is 105 cm³/mol. The molecule has 0 aliphatic heterocycles. The summed E-state index contributed by atoms with van der Waals surface area (Å²) in [7, 11) is 0. The predicted octanol–water partition coefficient (Wildman–Crippen LogP) is 5.20. The molecule has 0 fully saturated rings. The van der Waals surface area contributed by atoms with E-state index in [1.54, 1.807) is 27.6 Å². The van der Waals surface area contributed by atoms with Gasteiger partial charge in [-0.15, -0.1) is 22.0 Å². The lowest BCUT2D eigenvalue weighted by atomic mass is 10.1. The van der Waals surface area contributed by atoms with E-state index in [1.165, 1.54) is 4.90 Å². The molecule has 5 rings (SSSR count). The van der Waals surface area contributed by atoms with E-state index in [4.69, 9.17) is 9.52 Å². The number of fused-ring (bicyclic) bond motifs is 2. The SMILES string of the molecule is Cc1c(-c2nnc3sc(CSc4ccccc4)nn23)oc2ccccc12. The van der Waals surface area contributed by atoms with E-state index >= 15 is 0 Å². The Morgan fingerprint density at radius 3 is 2.69 bits per heavy atom. The van der Waals surface area contributed by atoms with E-state index in [-0.39, 0.29) is 0 Å². The topological polar surface area (TPSA) is 56.2 Å². The smallest absolute Gasteiger partial charge is 0.235 e. The zero-order valence-electron chi connectivity index (χ0n) is 13.9. The van der Waals surface area contributed by atoms with Gasteiger partial charge in [-0.2, -0.15) is 9.61 Å². The highest BCUT2D eigenvalue weighted by molar-refractivity contribution is 7.98. The first kappa shape index (κ1) is 15.6. The molecule has 0 aliphatic carbocycles. The Hall–Kier alpha value is -2.64. The summed E-state index contributed by atoms with van der Waals surface area (Å²) in [6.45, 7) is 2.04. The molecular weight excluding hydrogens is 364 g/mol. The lowest BCUT2D eigenvalue weighted by molar-refractivity contribution is 0.619. The summed E-state index contributed by atoms with van der Waals surface area (Å²) in [5.74, 6) is 2.18. The monoisotopic (exact) mass is 378 g/mol. The summed E-state index contributed by atoms with van der Waals surface area (Å²) in [6.07, 6.45) is 0. The maximum atomic E-state index is 6.03. The third-order valence-electron chi connectivity index (χ3n) is 4.19. The second-order valence-corrected chi connectivity index (χ2v) is 7.96. The van der Waals surface area contributed by atoms with E-state index in [2.05, 4.69) is 28.4 Å². The molecule has 5 aromatic rings. The van der Waals surface area contributed by atoms with Crippen molar-refractivity contribution in [2.24, 2.45) is 0 Å². The molecule has 2 aromatic carbocycles. The number of hydrogen-bond donors (Lipinski definition) is 0. The number of aromatic nitrogens is 4. The minimum absolute atomic E-state index is 0.654. The standard InChI is InChI=1S/C19H14N4OS2/c1-12-14-9-5-6-10-15(14)24-17(12)18-20-21-19-23(18)22-16(26-19)11-25-13-7-3-2-4-8-13/h2-10H,11H2,1H3. The molecule has 5 nitrogen and oxygen atoms in total. The molecule has 0 bridgehead atoms. The number of benzene rings is 2. The number of furan rings is 1. The third kappa shape index (κ3) is 2.60. The highest BCUT2D eigenvalue weighted by atomic mass is 32.2. The van der Waals surface area contributed by atoms with Gasteiger partial charge >= 0.3 is 0 Å². The van der Waals surface area contributed by atoms with Crippen LogP contribution in [-0.2, 0) is 5.75 Å². The second-order valence-electron chi connectivity index (χ2n) is 5.87. The number of hydrogen-bond acceptors (Lipinski definition) is 6. The fourth-order valence-corrected chi connectivity index (χ4v) is 4.64. The maximum Gasteiger partial charge on any atom is 0.235 e. The fraction of sp³-hybridized carbons (Fsp3) is 0.105. The normalized spacial score (nSPS) is 11.6. The van der Waals surface area contributed by atoms with E-state index in [9.17, 15) is 0 Å². The number of aryl methyl sites for hydroxylation is 1. The molecule has 0 spiro atoms. The molecule has 0 aliphatic rings. The van der Waals surface area contributed by atoms with Gasteiger partial charge in [0.25, 0.3) is 0 Å². The number of nitrogens with zero attached hydrogens (tertiary/aromatic N) is 4. The summed E-state index contributed by atoms with van der Waals surface area (Å²) >= 11 is 3.32. The first-order chi connectivity index (χ1) is 12.8. The van der Waals surface area contributed by atoms with Crippen LogP contribution in [0.15, 0.2) is 63.9 Å². The Labute approximate surface area is 157 Å². The van der Waals surface area contributed by atoms with Gasteiger partial charge in [-0.1, -0.05) is 47.7 Å². The van der Waals surface area contributed by atoms with E-state index < -0.39 is 0 Å². The Morgan fingerprint density at radius 1 is 1.04 bits per heavy atom. The van der Waals surface area contributed by atoms with Crippen LogP contribution in [0.1, 0.15) is 10.6 Å². The zero-order chi connectivity index (χ0) is 17.5. The van der Waals surface area contributed by atoms with Gasteiger partial charge in [0.2, 0.25) is 10.8 Å². The molecule has 0 N–H and O–H groups in total. The second kappa shape index (κ2) is 6.26. The van der Waals surface area contributed by atoms with Crippen LogP contribution in [0.2, 0.25) is 0 Å². The fourth-order valence-electron chi connectivity index (χ4n) is 2.91. The molecule has 128 valence electrons. The van der Waals surface area contributed by atoms with Gasteiger partial charge in [0, 0.05) is 15.8 Å². The average Bonchev–Trinajstić information content (AvgIpc) is 3.34. The molecule has 0 radical (unpaired) electrons. The molecule has 0 atom stereocenters. The van der Waals surface area contributed by atoms with Crippen molar-refractivity contribution in [3.8, 4) is 11.6 Å². The molecule has 0 unspecified atom stereocenters. The average molecular weight is 378 g/mol. The van der Waals surface area contributed by atoms with Gasteiger partial charge in [0.1, 0.15) is 10.6 Å². The van der Waals surface area contributed by atoms with Crippen LogP contribution < -0.4 is 0 Å². The van der Waals surface area contributed by atoms with Crippen LogP contribution in [0.4, 0.5) is 0 Å². The Bertz CT molecular complexity index is 1210. The molecular formula is C19H14N4OS2. The summed E-state index contributed by atoms with van der Waals surface area (Å²) < 4.78 is 7.81. The van der Waals surface area contributed by atoms with Crippen LogP contribution in [0.25, 0.3) is 27.5 Å². The van der Waals surface area contributed by atoms with Crippen molar-refractivity contribution >= 4 is 39.0 Å². The molecule has 0 saturated heterocycles. The van der Waals surface area contributed by atoms with Crippen molar-refractivity contribution in [2.75, 3.05) is 0 Å². The maximum absolute atomic E-state index is 6.03. The van der Waals surface area contributed by atoms with E-state index in [1.807, 2.05) is 43.3 Å². The van der Waals surface area contributed by atoms with Gasteiger partial charge in [-0.3, -0.25) is 0 Å². The van der Waals surface area contributed by atoms with Crippen molar-refractivity contribution in [3.05, 3.63) is 65.2 Å². The number of thioether (sulfide) groups is 1. The quantitative estimate of drug-likeness (QED) is 0.402. The van der Waals surface area contributed by atoms with Crippen molar-refractivity contribution in [1.29, 1.82) is 0 Å². The van der Waals surface area contributed by atoms with Crippen LogP contribution in [0.3, 0.4) is 0 Å². The van der Waals surface area contributed by atoms with Crippen molar-refractivity contribution < 1.29 is 4.42 Å². The zero-order valence-corrected chi connectivity index (χ0v) is 15.5. The molecule has 3 aromatic heterocycles. The summed E-state index contributed by atoms with van der Waals surface area (Å²) in [6, 6.07) is 18.3. The summed E-state index contributed by atoms with van der Waals surface area (Å²) in [5, 5.41) is 15.4. The number of para-hydroxylation sites is 1. The van der Waals surface area contributed by atoms with Crippen molar-refractivity contribution in [1.82, 2.24) is 19.8 Å². The molecule has 26 heavy (non-hydrogen) atoms. The van der Waals surface area contributed by atoms with Crippen LogP contribution in [0, 0.1) is 6.92 Å². The Morgan fingerprint density at radius 2 is 1.85 bits per heavy atom. The van der Waals surface area contributed by atoms with Gasteiger partial charge in [-0.05, 0) is 25.1 Å². The highest BCUT2D eigenvalue weighted by Crippen LogP contribution is 2.33. The van der Waals surface area contributed by atoms with Gasteiger partial charge in [-0.25, -0.2) is 0 Å². The summed E-state index contributed by atoms with van der Waals surface area (Å²) in [4.78, 5) is 2.01. The van der Waals surface area contributed by atoms with Gasteiger partial charge in [0.05, 0.1) is 5.75 Å². The minimum atomic E-state index is 0.654. The largest absolute Gasteiger partial charge is 0.452 e. The lowest BCUT2D eigenvalue weighted by Crippen LogP contribution is -1.92. The van der Waals surface area contributed by atoms with Gasteiger partial charge < -0.3 is 4.42 Å². The minimum Gasteiger partial charge on any atom is -0.452 e. The van der Waals surface area contributed by atoms with E-state index in [0.717, 1.165) is 38.0 Å². The third-order valence-corrected chi connectivity index (χ3v) is 6.29. The van der Waals surface area contributed by atoms with Crippen LogP contribution in [-0.4, -0.2) is 19.8 Å². The first-order valence-electron chi connectivity index (χ1n) is 8.17. The molecule has 7 heteroatoms.